The molecule has 0 heterocycles. The second-order valence-corrected chi connectivity index (χ2v) is 4.27. The highest BCUT2D eigenvalue weighted by molar-refractivity contribution is 6.08. The molecule has 0 atom stereocenters. The van der Waals surface area contributed by atoms with Gasteiger partial charge in [0.15, 0.2) is 0 Å². The molecule has 0 radical (unpaired) electrons. The highest BCUT2D eigenvalue weighted by Gasteiger charge is 2.15. The minimum atomic E-state index is -1.17. The lowest BCUT2D eigenvalue weighted by Crippen LogP contribution is -2.16. The summed E-state index contributed by atoms with van der Waals surface area (Å²) in [5, 5.41) is 22.0. The minimum absolute atomic E-state index is 0.0445. The molecule has 1 rings (SSSR count). The number of hydrogen-bond donors (Lipinski definition) is 2. The van der Waals surface area contributed by atoms with Gasteiger partial charge in [0, 0.05) is 28.5 Å². The maximum Gasteiger partial charge on any atom is 0.331 e. The number of nitrogens with zero attached hydrogens (tertiary/aromatic N) is 1. The first kappa shape index (κ1) is 15.4. The molecule has 0 fully saturated rings. The number of carbonyl (C=O) groups excluding carboxylic acids is 1. The first-order valence-corrected chi connectivity index (χ1v) is 5.71. The molecule has 0 aromatic heterocycles. The zero-order valence-corrected chi connectivity index (χ0v) is 11.3. The minimum Gasteiger partial charge on any atom is -0.478 e. The molecule has 0 aliphatic rings. The number of nitro benzene ring substituents is 1. The Morgan fingerprint density at radius 2 is 1.85 bits per heavy atom. The van der Waals surface area contributed by atoms with E-state index in [1.165, 1.54) is 32.0 Å². The lowest BCUT2D eigenvalue weighted by atomic mass is 10.1. The van der Waals surface area contributed by atoms with Gasteiger partial charge in [0.1, 0.15) is 0 Å². The van der Waals surface area contributed by atoms with E-state index in [1.807, 2.05) is 0 Å². The molecule has 20 heavy (non-hydrogen) atoms. The Morgan fingerprint density at radius 3 is 2.30 bits per heavy atom. The number of carboxylic acid groups (broad SMARTS) is 1. The maximum atomic E-state index is 11.8. The molecule has 2 N–H and O–H groups in total. The molecule has 0 aliphatic carbocycles. The Morgan fingerprint density at radius 1 is 1.25 bits per heavy atom. The third kappa shape index (κ3) is 3.41. The molecule has 7 heteroatoms. The summed E-state index contributed by atoms with van der Waals surface area (Å²) in [5.74, 6) is -1.73. The van der Waals surface area contributed by atoms with Gasteiger partial charge in [-0.25, -0.2) is 4.79 Å². The summed E-state index contributed by atoms with van der Waals surface area (Å²) in [5.41, 5.74) is 0.756. The van der Waals surface area contributed by atoms with Crippen LogP contribution in [0.15, 0.2) is 29.3 Å². The maximum absolute atomic E-state index is 11.8. The summed E-state index contributed by atoms with van der Waals surface area (Å²) < 4.78 is 0. The Labute approximate surface area is 115 Å². The summed E-state index contributed by atoms with van der Waals surface area (Å²) in [4.78, 5) is 32.7. The highest BCUT2D eigenvalue weighted by atomic mass is 16.6. The van der Waals surface area contributed by atoms with Crippen molar-refractivity contribution >= 4 is 23.3 Å². The zero-order chi connectivity index (χ0) is 15.4. The standard InChI is InChI=1S/C13H14N2O5/c1-7-6-10(4-5-11(7)15(19)20)14-12(16)8(2)9(3)13(17)18/h4-6H,1-3H3,(H,14,16)(H,17,18). The lowest BCUT2D eigenvalue weighted by Gasteiger charge is -2.08. The fourth-order valence-electron chi connectivity index (χ4n) is 1.49. The smallest absolute Gasteiger partial charge is 0.331 e. The van der Waals surface area contributed by atoms with Crippen molar-refractivity contribution in [2.24, 2.45) is 0 Å². The van der Waals surface area contributed by atoms with Gasteiger partial charge in [-0.1, -0.05) is 0 Å². The molecule has 0 bridgehead atoms. The molecule has 0 saturated carbocycles. The molecule has 0 unspecified atom stereocenters. The molecular formula is C13H14N2O5. The Kier molecular flexibility index (Phi) is 4.58. The van der Waals surface area contributed by atoms with Crippen molar-refractivity contribution < 1.29 is 19.6 Å². The summed E-state index contributed by atoms with van der Waals surface area (Å²) in [6.45, 7) is 4.29. The van der Waals surface area contributed by atoms with Crippen LogP contribution in [0.2, 0.25) is 0 Å². The van der Waals surface area contributed by atoms with Crippen molar-refractivity contribution in [3.63, 3.8) is 0 Å². The van der Waals surface area contributed by atoms with E-state index in [2.05, 4.69) is 5.32 Å². The number of amides is 1. The number of nitrogens with one attached hydrogen (secondary N) is 1. The number of benzene rings is 1. The normalized spacial score (nSPS) is 11.6. The summed E-state index contributed by atoms with van der Waals surface area (Å²) in [6, 6.07) is 4.14. The van der Waals surface area contributed by atoms with Gasteiger partial charge in [0.2, 0.25) is 0 Å². The fourth-order valence-corrected chi connectivity index (χ4v) is 1.49. The van der Waals surface area contributed by atoms with E-state index < -0.39 is 16.8 Å². The monoisotopic (exact) mass is 278 g/mol. The van der Waals surface area contributed by atoms with Gasteiger partial charge in [-0.15, -0.1) is 0 Å². The summed E-state index contributed by atoms with van der Waals surface area (Å²) in [6.07, 6.45) is 0. The largest absolute Gasteiger partial charge is 0.478 e. The SMILES string of the molecule is CC(C(=O)O)=C(C)C(=O)Nc1ccc([N+](=O)[O-])c(C)c1. The van der Waals surface area contributed by atoms with Gasteiger partial charge < -0.3 is 10.4 Å². The zero-order valence-electron chi connectivity index (χ0n) is 11.3. The number of nitro groups is 1. The van der Waals surface area contributed by atoms with E-state index in [-0.39, 0.29) is 16.8 Å². The second-order valence-electron chi connectivity index (χ2n) is 4.27. The number of aliphatic carboxylic acids is 1. The summed E-state index contributed by atoms with van der Waals surface area (Å²) >= 11 is 0. The second kappa shape index (κ2) is 5.96. The topological polar surface area (TPSA) is 110 Å². The van der Waals surface area contributed by atoms with Crippen LogP contribution in [0.1, 0.15) is 19.4 Å². The quantitative estimate of drug-likeness (QED) is 0.498. The van der Waals surface area contributed by atoms with Crippen molar-refractivity contribution in [2.45, 2.75) is 20.8 Å². The van der Waals surface area contributed by atoms with E-state index in [4.69, 9.17) is 5.11 Å². The molecule has 7 nitrogen and oxygen atoms in total. The number of carboxylic acids is 1. The van der Waals surface area contributed by atoms with Crippen LogP contribution in [0.3, 0.4) is 0 Å². The van der Waals surface area contributed by atoms with Crippen molar-refractivity contribution in [1.29, 1.82) is 0 Å². The van der Waals surface area contributed by atoms with Gasteiger partial charge in [-0.05, 0) is 32.9 Å². The number of hydrogen-bond acceptors (Lipinski definition) is 4. The first-order valence-electron chi connectivity index (χ1n) is 5.71. The molecule has 106 valence electrons. The third-order valence-electron chi connectivity index (χ3n) is 2.88. The predicted octanol–water partition coefficient (Wildman–Crippen LogP) is 2.26. The Bertz CT molecular complexity index is 619. The number of anilines is 1. The molecule has 0 spiro atoms. The van der Waals surface area contributed by atoms with Gasteiger partial charge in [-0.3, -0.25) is 14.9 Å². The van der Waals surface area contributed by atoms with Crippen molar-refractivity contribution in [1.82, 2.24) is 0 Å². The van der Waals surface area contributed by atoms with Crippen LogP contribution >= 0.6 is 0 Å². The fraction of sp³-hybridized carbons (Fsp3) is 0.231. The Balaban J connectivity index is 2.98. The molecule has 0 saturated heterocycles. The third-order valence-corrected chi connectivity index (χ3v) is 2.88. The average molecular weight is 278 g/mol. The average Bonchev–Trinajstić information content (AvgIpc) is 2.36. The number of rotatable bonds is 4. The van der Waals surface area contributed by atoms with Crippen molar-refractivity contribution in [3.05, 3.63) is 45.0 Å². The first-order chi connectivity index (χ1) is 9.23. The van der Waals surface area contributed by atoms with E-state index >= 15 is 0 Å². The van der Waals surface area contributed by atoms with Crippen LogP contribution in [0, 0.1) is 17.0 Å². The number of aryl methyl sites for hydroxylation is 1. The van der Waals surface area contributed by atoms with Gasteiger partial charge >= 0.3 is 5.97 Å². The van der Waals surface area contributed by atoms with Crippen LogP contribution in [0.5, 0.6) is 0 Å². The van der Waals surface area contributed by atoms with Crippen LogP contribution in [-0.4, -0.2) is 21.9 Å². The molecule has 1 aromatic rings. The van der Waals surface area contributed by atoms with Crippen molar-refractivity contribution in [3.8, 4) is 0 Å². The van der Waals surface area contributed by atoms with Gasteiger partial charge in [0.25, 0.3) is 11.6 Å². The van der Waals surface area contributed by atoms with Gasteiger partial charge in [0.05, 0.1) is 4.92 Å². The lowest BCUT2D eigenvalue weighted by molar-refractivity contribution is -0.385. The van der Waals surface area contributed by atoms with Gasteiger partial charge in [-0.2, -0.15) is 0 Å². The van der Waals surface area contributed by atoms with E-state index in [9.17, 15) is 19.7 Å². The Hall–Kier alpha value is -2.70. The number of carbonyl (C=O) groups is 2. The van der Waals surface area contributed by atoms with E-state index in [1.54, 1.807) is 6.92 Å². The van der Waals surface area contributed by atoms with Crippen LogP contribution < -0.4 is 5.32 Å². The molecular weight excluding hydrogens is 264 g/mol. The van der Waals surface area contributed by atoms with E-state index in [0.29, 0.717) is 11.3 Å². The van der Waals surface area contributed by atoms with E-state index in [0.717, 1.165) is 0 Å². The van der Waals surface area contributed by atoms with Crippen LogP contribution in [0.25, 0.3) is 0 Å². The molecule has 0 aliphatic heterocycles. The predicted molar refractivity (Wildman–Crippen MR) is 72.5 cm³/mol. The van der Waals surface area contributed by atoms with Crippen molar-refractivity contribution in [2.75, 3.05) is 5.32 Å². The highest BCUT2D eigenvalue weighted by Crippen LogP contribution is 2.22. The molecule has 1 aromatic carbocycles. The van der Waals surface area contributed by atoms with Crippen LogP contribution in [0.4, 0.5) is 11.4 Å². The van der Waals surface area contributed by atoms with Crippen LogP contribution in [-0.2, 0) is 9.59 Å². The molecule has 1 amide bonds. The summed E-state index contributed by atoms with van der Waals surface area (Å²) in [7, 11) is 0.